The molecule has 1 aliphatic heterocycles. The standard InChI is InChI=1S/C18H17O/c1-14-3-2-4-18(13-14)16-7-5-15(6-8-16)17-9-11-19-12-10-17/h2-9,13H,1,10-12H2. The molecule has 0 fully saturated rings. The van der Waals surface area contributed by atoms with Crippen molar-refractivity contribution in [3.63, 3.8) is 0 Å². The maximum absolute atomic E-state index is 5.34. The van der Waals surface area contributed by atoms with Gasteiger partial charge in [-0.05, 0) is 41.2 Å². The zero-order valence-corrected chi connectivity index (χ0v) is 10.9. The molecule has 2 aromatic rings. The highest BCUT2D eigenvalue weighted by atomic mass is 16.5. The van der Waals surface area contributed by atoms with Crippen LogP contribution in [0.4, 0.5) is 0 Å². The fraction of sp³-hybridized carbons (Fsp3) is 0.167. The molecule has 1 radical (unpaired) electrons. The molecule has 0 amide bonds. The lowest BCUT2D eigenvalue weighted by atomic mass is 9.97. The average molecular weight is 249 g/mol. The van der Waals surface area contributed by atoms with Crippen LogP contribution >= 0.6 is 0 Å². The van der Waals surface area contributed by atoms with Gasteiger partial charge < -0.3 is 4.74 Å². The quantitative estimate of drug-likeness (QED) is 0.769. The molecule has 1 nitrogen and oxygen atoms in total. The van der Waals surface area contributed by atoms with Gasteiger partial charge in [0.15, 0.2) is 0 Å². The summed E-state index contributed by atoms with van der Waals surface area (Å²) in [6.07, 6.45) is 3.18. The topological polar surface area (TPSA) is 9.23 Å². The Morgan fingerprint density at radius 3 is 2.37 bits per heavy atom. The van der Waals surface area contributed by atoms with Crippen LogP contribution in [0.5, 0.6) is 0 Å². The number of ether oxygens (including phenoxy) is 1. The smallest absolute Gasteiger partial charge is 0.0653 e. The first-order chi connectivity index (χ1) is 9.33. The molecule has 0 spiro atoms. The minimum Gasteiger partial charge on any atom is -0.377 e. The molecule has 1 heterocycles. The summed E-state index contributed by atoms with van der Waals surface area (Å²) in [5.74, 6) is 0. The summed E-state index contributed by atoms with van der Waals surface area (Å²) in [4.78, 5) is 0. The van der Waals surface area contributed by atoms with Crippen LogP contribution in [0.25, 0.3) is 16.7 Å². The van der Waals surface area contributed by atoms with Crippen LogP contribution in [0.1, 0.15) is 17.5 Å². The van der Waals surface area contributed by atoms with Crippen molar-refractivity contribution in [3.8, 4) is 11.1 Å². The average Bonchev–Trinajstić information content (AvgIpc) is 2.48. The second-order valence-corrected chi connectivity index (χ2v) is 4.83. The first-order valence-corrected chi connectivity index (χ1v) is 6.62. The van der Waals surface area contributed by atoms with E-state index in [1.54, 1.807) is 0 Å². The van der Waals surface area contributed by atoms with Crippen LogP contribution in [0.3, 0.4) is 0 Å². The molecule has 0 bridgehead atoms. The number of rotatable bonds is 2. The molecule has 0 N–H and O–H groups in total. The SMILES string of the molecule is [CH2]c1cccc(-c2ccc(C3=CCOCC3)cc2)c1. The molecular weight excluding hydrogens is 232 g/mol. The van der Waals surface area contributed by atoms with E-state index in [0.29, 0.717) is 0 Å². The van der Waals surface area contributed by atoms with E-state index in [4.69, 9.17) is 4.74 Å². The van der Waals surface area contributed by atoms with Crippen LogP contribution in [-0.4, -0.2) is 13.2 Å². The van der Waals surface area contributed by atoms with Crippen LogP contribution in [0, 0.1) is 6.92 Å². The lowest BCUT2D eigenvalue weighted by Crippen LogP contribution is -2.03. The molecule has 0 aromatic heterocycles. The van der Waals surface area contributed by atoms with Gasteiger partial charge in [-0.1, -0.05) is 54.6 Å². The molecule has 2 aromatic carbocycles. The number of hydrogen-bond acceptors (Lipinski definition) is 1. The normalized spacial score (nSPS) is 15.1. The first-order valence-electron chi connectivity index (χ1n) is 6.62. The lowest BCUT2D eigenvalue weighted by molar-refractivity contribution is 0.161. The van der Waals surface area contributed by atoms with Gasteiger partial charge in [0.1, 0.15) is 0 Å². The maximum Gasteiger partial charge on any atom is 0.0653 e. The Kier molecular flexibility index (Phi) is 3.47. The van der Waals surface area contributed by atoms with E-state index in [1.165, 1.54) is 22.3 Å². The molecule has 0 atom stereocenters. The maximum atomic E-state index is 5.34. The van der Waals surface area contributed by atoms with Gasteiger partial charge in [-0.3, -0.25) is 0 Å². The van der Waals surface area contributed by atoms with Gasteiger partial charge >= 0.3 is 0 Å². The summed E-state index contributed by atoms with van der Waals surface area (Å²) in [5.41, 5.74) is 6.21. The van der Waals surface area contributed by atoms with Crippen molar-refractivity contribution in [1.29, 1.82) is 0 Å². The van der Waals surface area contributed by atoms with Crippen LogP contribution in [0.2, 0.25) is 0 Å². The van der Waals surface area contributed by atoms with Crippen LogP contribution in [0.15, 0.2) is 54.6 Å². The summed E-state index contributed by atoms with van der Waals surface area (Å²) in [6, 6.07) is 17.1. The molecule has 0 aliphatic carbocycles. The van der Waals surface area contributed by atoms with Gasteiger partial charge in [0.05, 0.1) is 13.2 Å². The summed E-state index contributed by atoms with van der Waals surface area (Å²) >= 11 is 0. The Hall–Kier alpha value is -1.86. The van der Waals surface area contributed by atoms with Gasteiger partial charge in [0.2, 0.25) is 0 Å². The summed E-state index contributed by atoms with van der Waals surface area (Å²) in [7, 11) is 0. The van der Waals surface area contributed by atoms with E-state index in [0.717, 1.165) is 25.2 Å². The second kappa shape index (κ2) is 5.41. The largest absolute Gasteiger partial charge is 0.377 e. The Morgan fingerprint density at radius 2 is 1.68 bits per heavy atom. The Bertz CT molecular complexity index is 593. The third kappa shape index (κ3) is 2.77. The van der Waals surface area contributed by atoms with Crippen molar-refractivity contribution in [2.24, 2.45) is 0 Å². The predicted molar refractivity (Wildman–Crippen MR) is 79.8 cm³/mol. The van der Waals surface area contributed by atoms with E-state index < -0.39 is 0 Å². The molecular formula is C18H17O. The van der Waals surface area contributed by atoms with Gasteiger partial charge in [0.25, 0.3) is 0 Å². The minimum atomic E-state index is 0.737. The van der Waals surface area contributed by atoms with Crippen LogP contribution < -0.4 is 0 Å². The molecule has 0 unspecified atom stereocenters. The van der Waals surface area contributed by atoms with Gasteiger partial charge in [-0.25, -0.2) is 0 Å². The number of benzene rings is 2. The lowest BCUT2D eigenvalue weighted by Gasteiger charge is -2.14. The fourth-order valence-electron chi connectivity index (χ4n) is 2.42. The van der Waals surface area contributed by atoms with E-state index in [-0.39, 0.29) is 0 Å². The van der Waals surface area contributed by atoms with Crippen molar-refractivity contribution >= 4 is 5.57 Å². The van der Waals surface area contributed by atoms with E-state index in [9.17, 15) is 0 Å². The minimum absolute atomic E-state index is 0.737. The Balaban J connectivity index is 1.88. The third-order valence-corrected chi connectivity index (χ3v) is 3.48. The molecule has 0 saturated heterocycles. The highest BCUT2D eigenvalue weighted by Gasteiger charge is 2.06. The molecule has 1 heteroatoms. The molecule has 19 heavy (non-hydrogen) atoms. The second-order valence-electron chi connectivity index (χ2n) is 4.83. The van der Waals surface area contributed by atoms with Gasteiger partial charge in [-0.2, -0.15) is 0 Å². The summed E-state index contributed by atoms with van der Waals surface area (Å²) in [5, 5.41) is 0. The summed E-state index contributed by atoms with van der Waals surface area (Å²) < 4.78 is 5.34. The highest BCUT2D eigenvalue weighted by Crippen LogP contribution is 2.25. The van der Waals surface area contributed by atoms with Crippen molar-refractivity contribution in [1.82, 2.24) is 0 Å². The van der Waals surface area contributed by atoms with Crippen molar-refractivity contribution in [2.75, 3.05) is 13.2 Å². The molecule has 95 valence electrons. The molecule has 1 aliphatic rings. The predicted octanol–water partition coefficient (Wildman–Crippen LogP) is 4.34. The van der Waals surface area contributed by atoms with E-state index in [1.807, 2.05) is 12.1 Å². The van der Waals surface area contributed by atoms with Crippen molar-refractivity contribution in [3.05, 3.63) is 72.7 Å². The van der Waals surface area contributed by atoms with Crippen molar-refractivity contribution in [2.45, 2.75) is 6.42 Å². The summed E-state index contributed by atoms with van der Waals surface area (Å²) in [6.45, 7) is 5.54. The van der Waals surface area contributed by atoms with Crippen molar-refractivity contribution < 1.29 is 4.74 Å². The van der Waals surface area contributed by atoms with Crippen LogP contribution in [-0.2, 0) is 4.74 Å². The first kappa shape index (κ1) is 12.2. The van der Waals surface area contributed by atoms with E-state index >= 15 is 0 Å². The monoisotopic (exact) mass is 249 g/mol. The Morgan fingerprint density at radius 1 is 0.895 bits per heavy atom. The number of hydrogen-bond donors (Lipinski definition) is 0. The fourth-order valence-corrected chi connectivity index (χ4v) is 2.42. The zero-order chi connectivity index (χ0) is 13.1. The molecule has 0 saturated carbocycles. The third-order valence-electron chi connectivity index (χ3n) is 3.48. The highest BCUT2D eigenvalue weighted by molar-refractivity contribution is 5.71. The Labute approximate surface area is 114 Å². The molecule has 3 rings (SSSR count). The van der Waals surface area contributed by atoms with E-state index in [2.05, 4.69) is 49.4 Å². The van der Waals surface area contributed by atoms with Gasteiger partial charge in [-0.15, -0.1) is 0 Å². The van der Waals surface area contributed by atoms with Gasteiger partial charge in [0, 0.05) is 0 Å². The zero-order valence-electron chi connectivity index (χ0n) is 10.9.